The van der Waals surface area contributed by atoms with E-state index in [0.717, 1.165) is 16.5 Å². The van der Waals surface area contributed by atoms with Gasteiger partial charge in [0.1, 0.15) is 23.9 Å². The Labute approximate surface area is 259 Å². The van der Waals surface area contributed by atoms with Crippen LogP contribution in [0.3, 0.4) is 0 Å². The van der Waals surface area contributed by atoms with E-state index in [1.807, 2.05) is 30.3 Å². The summed E-state index contributed by atoms with van der Waals surface area (Å²) in [4.78, 5) is 55.3. The van der Waals surface area contributed by atoms with Gasteiger partial charge in [-0.3, -0.25) is 14.4 Å². The summed E-state index contributed by atoms with van der Waals surface area (Å²) in [6.45, 7) is 0. The molecule has 3 aromatic carbocycles. The van der Waals surface area contributed by atoms with Crippen LogP contribution in [0.5, 0.6) is 5.75 Å². The van der Waals surface area contributed by atoms with E-state index in [4.69, 9.17) is 5.73 Å². The van der Waals surface area contributed by atoms with Crippen LogP contribution in [0.1, 0.15) is 16.7 Å². The molecule has 4 unspecified atom stereocenters. The molecule has 0 aliphatic rings. The Kier molecular flexibility index (Phi) is 11.0. The van der Waals surface area contributed by atoms with Gasteiger partial charge >= 0.3 is 5.97 Å². The molecule has 0 saturated heterocycles. The molecule has 4 atom stereocenters. The number of carboxylic acid groups (broad SMARTS) is 1. The van der Waals surface area contributed by atoms with Gasteiger partial charge in [0.05, 0.1) is 6.04 Å². The standard InChI is InChI=1S/C32H35N5O6S/c33-24(18-44)29(39)35-26(15-20-10-12-22(38)13-11-20)30(40)36-27(14-19-6-2-1-3-7-19)31(41)37-28(32(42)43)16-21-17-34-25-9-5-4-8-23(21)25/h1-13,17,24,26-28,34,38,44H,14-16,18,33H2,(H,35,39)(H,36,40)(H,37,41)(H,42,43). The molecule has 0 aliphatic carbocycles. The lowest BCUT2D eigenvalue weighted by Crippen LogP contribution is -2.58. The first-order valence-corrected chi connectivity index (χ1v) is 14.6. The Hall–Kier alpha value is -4.81. The fourth-order valence-corrected chi connectivity index (χ4v) is 4.93. The highest BCUT2D eigenvalue weighted by molar-refractivity contribution is 7.80. The van der Waals surface area contributed by atoms with Crippen molar-refractivity contribution in [2.45, 2.75) is 43.4 Å². The second kappa shape index (κ2) is 15.1. The van der Waals surface area contributed by atoms with E-state index in [2.05, 4.69) is 33.6 Å². The van der Waals surface area contributed by atoms with E-state index in [0.29, 0.717) is 11.1 Å². The number of nitrogens with one attached hydrogen (secondary N) is 4. The number of thiol groups is 1. The summed E-state index contributed by atoms with van der Waals surface area (Å²) in [6.07, 6.45) is 1.82. The summed E-state index contributed by atoms with van der Waals surface area (Å²) in [7, 11) is 0. The van der Waals surface area contributed by atoms with Crippen LogP contribution in [0.15, 0.2) is 85.1 Å². The highest BCUT2D eigenvalue weighted by Gasteiger charge is 2.31. The van der Waals surface area contributed by atoms with Gasteiger partial charge < -0.3 is 36.9 Å². The zero-order chi connectivity index (χ0) is 31.6. The molecule has 11 nitrogen and oxygen atoms in total. The third-order valence-electron chi connectivity index (χ3n) is 7.17. The molecular weight excluding hydrogens is 582 g/mol. The number of carbonyl (C=O) groups excluding carboxylic acids is 3. The van der Waals surface area contributed by atoms with Crippen molar-refractivity contribution in [3.05, 3.63) is 102 Å². The SMILES string of the molecule is NC(CS)C(=O)NC(Cc1ccc(O)cc1)C(=O)NC(Cc1ccccc1)C(=O)NC(Cc1c[nH]c2ccccc12)C(=O)O. The van der Waals surface area contributed by atoms with Gasteiger partial charge in [0.2, 0.25) is 17.7 Å². The first-order chi connectivity index (χ1) is 21.1. The van der Waals surface area contributed by atoms with Crippen molar-refractivity contribution in [1.82, 2.24) is 20.9 Å². The molecule has 0 bridgehead atoms. The highest BCUT2D eigenvalue weighted by atomic mass is 32.1. The number of nitrogens with two attached hydrogens (primary N) is 1. The van der Waals surface area contributed by atoms with Crippen LogP contribution in [0.4, 0.5) is 0 Å². The largest absolute Gasteiger partial charge is 0.508 e. The van der Waals surface area contributed by atoms with E-state index in [9.17, 15) is 29.4 Å². The van der Waals surface area contributed by atoms with Gasteiger partial charge in [0.15, 0.2) is 0 Å². The van der Waals surface area contributed by atoms with Gasteiger partial charge in [-0.1, -0.05) is 60.7 Å². The van der Waals surface area contributed by atoms with Gasteiger partial charge in [-0.15, -0.1) is 0 Å². The normalized spacial score (nSPS) is 13.8. The molecular formula is C32H35N5O6S. The number of aromatic hydroxyl groups is 1. The number of carboxylic acids is 1. The quantitative estimate of drug-likeness (QED) is 0.0989. The average Bonchev–Trinajstić information content (AvgIpc) is 3.43. The number of aliphatic carboxylic acids is 1. The Morgan fingerprint density at radius 2 is 1.27 bits per heavy atom. The molecule has 0 spiro atoms. The summed E-state index contributed by atoms with van der Waals surface area (Å²) in [5.41, 5.74) is 8.75. The van der Waals surface area contributed by atoms with E-state index in [1.165, 1.54) is 12.1 Å². The maximum absolute atomic E-state index is 13.7. The van der Waals surface area contributed by atoms with Gasteiger partial charge in [-0.05, 0) is 34.9 Å². The van der Waals surface area contributed by atoms with Gasteiger partial charge in [0.25, 0.3) is 0 Å². The monoisotopic (exact) mass is 617 g/mol. The Morgan fingerprint density at radius 3 is 1.89 bits per heavy atom. The van der Waals surface area contributed by atoms with Crippen molar-refractivity contribution in [2.75, 3.05) is 5.75 Å². The van der Waals surface area contributed by atoms with Gasteiger partial charge in [0, 0.05) is 42.1 Å². The summed E-state index contributed by atoms with van der Waals surface area (Å²) in [5.74, 6) is -3.12. The number of benzene rings is 3. The number of phenolic OH excluding ortho intramolecular Hbond substituents is 1. The molecule has 44 heavy (non-hydrogen) atoms. The van der Waals surface area contributed by atoms with Crippen molar-refractivity contribution in [3.63, 3.8) is 0 Å². The molecule has 12 heteroatoms. The van der Waals surface area contributed by atoms with E-state index < -0.39 is 47.9 Å². The van der Waals surface area contributed by atoms with E-state index >= 15 is 0 Å². The number of carbonyl (C=O) groups is 4. The van der Waals surface area contributed by atoms with Crippen LogP contribution in [-0.2, 0) is 38.4 Å². The first kappa shape index (κ1) is 32.1. The van der Waals surface area contributed by atoms with Crippen LogP contribution in [0.25, 0.3) is 10.9 Å². The molecule has 230 valence electrons. The van der Waals surface area contributed by atoms with Gasteiger partial charge in [-0.25, -0.2) is 4.79 Å². The maximum Gasteiger partial charge on any atom is 0.326 e. The van der Waals surface area contributed by atoms with Crippen LogP contribution in [-0.4, -0.2) is 68.8 Å². The van der Waals surface area contributed by atoms with Crippen molar-refractivity contribution >= 4 is 47.2 Å². The lowest BCUT2D eigenvalue weighted by molar-refractivity contribution is -0.142. The van der Waals surface area contributed by atoms with Crippen molar-refractivity contribution in [3.8, 4) is 5.75 Å². The molecule has 3 amide bonds. The molecule has 4 rings (SSSR count). The summed E-state index contributed by atoms with van der Waals surface area (Å²) in [5, 5.41) is 28.4. The summed E-state index contributed by atoms with van der Waals surface area (Å²) < 4.78 is 0. The number of rotatable bonds is 14. The summed E-state index contributed by atoms with van der Waals surface area (Å²) >= 11 is 4.06. The fraction of sp³-hybridized carbons (Fsp3) is 0.250. The number of amides is 3. The molecule has 0 fully saturated rings. The Morgan fingerprint density at radius 1 is 0.727 bits per heavy atom. The van der Waals surface area contributed by atoms with E-state index in [-0.39, 0.29) is 30.8 Å². The molecule has 1 heterocycles. The third kappa shape index (κ3) is 8.62. The minimum Gasteiger partial charge on any atom is -0.508 e. The van der Waals surface area contributed by atoms with Crippen LogP contribution in [0, 0.1) is 0 Å². The van der Waals surface area contributed by atoms with Gasteiger partial charge in [-0.2, -0.15) is 12.6 Å². The first-order valence-electron chi connectivity index (χ1n) is 14.0. The number of aromatic nitrogens is 1. The van der Waals surface area contributed by atoms with E-state index in [1.54, 1.807) is 42.6 Å². The average molecular weight is 618 g/mol. The smallest absolute Gasteiger partial charge is 0.326 e. The van der Waals surface area contributed by atoms with Crippen LogP contribution < -0.4 is 21.7 Å². The molecule has 1 aromatic heterocycles. The highest BCUT2D eigenvalue weighted by Crippen LogP contribution is 2.19. The second-order valence-corrected chi connectivity index (χ2v) is 10.8. The number of hydrogen-bond acceptors (Lipinski definition) is 7. The zero-order valence-electron chi connectivity index (χ0n) is 23.8. The number of fused-ring (bicyclic) bond motifs is 1. The van der Waals surface area contributed by atoms with Crippen molar-refractivity contribution in [1.29, 1.82) is 0 Å². The zero-order valence-corrected chi connectivity index (χ0v) is 24.7. The Bertz CT molecular complexity index is 1590. The number of H-pyrrole nitrogens is 1. The fourth-order valence-electron chi connectivity index (χ4n) is 4.76. The van der Waals surface area contributed by atoms with Crippen molar-refractivity contribution in [2.24, 2.45) is 5.73 Å². The topological polar surface area (TPSA) is 187 Å². The van der Waals surface area contributed by atoms with Crippen LogP contribution >= 0.6 is 12.6 Å². The number of para-hydroxylation sites is 1. The number of phenols is 1. The van der Waals surface area contributed by atoms with Crippen molar-refractivity contribution < 1.29 is 29.4 Å². The maximum atomic E-state index is 13.7. The molecule has 0 aliphatic heterocycles. The van der Waals surface area contributed by atoms with Crippen LogP contribution in [0.2, 0.25) is 0 Å². The summed E-state index contributed by atoms with van der Waals surface area (Å²) in [6, 6.07) is 18.0. The lowest BCUT2D eigenvalue weighted by atomic mass is 10.0. The molecule has 4 aromatic rings. The Balaban J connectivity index is 1.56. The molecule has 0 saturated carbocycles. The minimum absolute atomic E-state index is 0.0121. The lowest BCUT2D eigenvalue weighted by Gasteiger charge is -2.25. The minimum atomic E-state index is -1.28. The molecule has 0 radical (unpaired) electrons. The third-order valence-corrected chi connectivity index (χ3v) is 7.57. The second-order valence-electron chi connectivity index (χ2n) is 10.4. The predicted molar refractivity (Wildman–Crippen MR) is 169 cm³/mol. The number of aromatic amines is 1. The number of hydrogen-bond donors (Lipinski definition) is 8. The molecule has 8 N–H and O–H groups in total. The predicted octanol–water partition coefficient (Wildman–Crippen LogP) is 1.70.